The van der Waals surface area contributed by atoms with Crippen LogP contribution in [0, 0.1) is 0 Å². The van der Waals surface area contributed by atoms with Crippen LogP contribution in [-0.2, 0) is 11.2 Å². The van der Waals surface area contributed by atoms with E-state index in [1.165, 1.54) is 0 Å². The Morgan fingerprint density at radius 2 is 2.28 bits per heavy atom. The zero-order chi connectivity index (χ0) is 13.0. The molecule has 1 fully saturated rings. The van der Waals surface area contributed by atoms with Crippen molar-refractivity contribution in [1.29, 1.82) is 0 Å². The summed E-state index contributed by atoms with van der Waals surface area (Å²) in [6, 6.07) is 0. The van der Waals surface area contributed by atoms with Crippen LogP contribution in [-0.4, -0.2) is 48.5 Å². The fourth-order valence-corrected chi connectivity index (χ4v) is 3.04. The van der Waals surface area contributed by atoms with Crippen molar-refractivity contribution in [3.05, 3.63) is 11.1 Å². The van der Waals surface area contributed by atoms with Crippen molar-refractivity contribution in [2.24, 2.45) is 5.73 Å². The SMILES string of the molecule is CC(=O)N1CCCN(c2nc(CCN)cs2)CC1. The summed E-state index contributed by atoms with van der Waals surface area (Å²) in [5.74, 6) is 0.166. The summed E-state index contributed by atoms with van der Waals surface area (Å²) < 4.78 is 0. The van der Waals surface area contributed by atoms with E-state index in [2.05, 4.69) is 15.3 Å². The predicted octanol–water partition coefficient (Wildman–Crippen LogP) is 0.703. The Kier molecular flexibility index (Phi) is 4.54. The summed E-state index contributed by atoms with van der Waals surface area (Å²) in [5, 5.41) is 3.14. The summed E-state index contributed by atoms with van der Waals surface area (Å²) in [5.41, 5.74) is 6.61. The maximum Gasteiger partial charge on any atom is 0.219 e. The molecule has 100 valence electrons. The lowest BCUT2D eigenvalue weighted by Gasteiger charge is -2.20. The van der Waals surface area contributed by atoms with Crippen molar-refractivity contribution >= 4 is 22.4 Å². The second-order valence-electron chi connectivity index (χ2n) is 4.51. The highest BCUT2D eigenvalue weighted by Crippen LogP contribution is 2.22. The van der Waals surface area contributed by atoms with E-state index in [4.69, 9.17) is 5.73 Å². The van der Waals surface area contributed by atoms with Crippen LogP contribution in [0.25, 0.3) is 0 Å². The Labute approximate surface area is 112 Å². The van der Waals surface area contributed by atoms with Gasteiger partial charge in [0.1, 0.15) is 0 Å². The molecule has 0 spiro atoms. The number of hydrogen-bond donors (Lipinski definition) is 1. The second kappa shape index (κ2) is 6.15. The number of rotatable bonds is 3. The number of nitrogens with zero attached hydrogens (tertiary/aromatic N) is 3. The first-order chi connectivity index (χ1) is 8.70. The predicted molar refractivity (Wildman–Crippen MR) is 74.0 cm³/mol. The van der Waals surface area contributed by atoms with E-state index in [0.29, 0.717) is 6.54 Å². The summed E-state index contributed by atoms with van der Waals surface area (Å²) in [4.78, 5) is 20.1. The normalized spacial score (nSPS) is 16.8. The number of nitrogens with two attached hydrogens (primary N) is 1. The van der Waals surface area contributed by atoms with Gasteiger partial charge in [0.2, 0.25) is 5.91 Å². The van der Waals surface area contributed by atoms with Crippen LogP contribution in [0.4, 0.5) is 5.13 Å². The molecule has 0 aliphatic carbocycles. The average molecular weight is 268 g/mol. The van der Waals surface area contributed by atoms with Crippen molar-refractivity contribution in [2.45, 2.75) is 19.8 Å². The molecule has 1 amide bonds. The first kappa shape index (κ1) is 13.3. The smallest absolute Gasteiger partial charge is 0.219 e. The molecule has 1 aromatic heterocycles. The topological polar surface area (TPSA) is 62.5 Å². The highest BCUT2D eigenvalue weighted by Gasteiger charge is 2.18. The average Bonchev–Trinajstić information content (AvgIpc) is 2.65. The highest BCUT2D eigenvalue weighted by molar-refractivity contribution is 7.13. The summed E-state index contributed by atoms with van der Waals surface area (Å²) in [6.07, 6.45) is 1.84. The minimum atomic E-state index is 0.166. The second-order valence-corrected chi connectivity index (χ2v) is 5.34. The lowest BCUT2D eigenvalue weighted by molar-refractivity contribution is -0.128. The highest BCUT2D eigenvalue weighted by atomic mass is 32.1. The number of carbonyl (C=O) groups is 1. The van der Waals surface area contributed by atoms with Gasteiger partial charge in [-0.15, -0.1) is 11.3 Å². The van der Waals surface area contributed by atoms with Gasteiger partial charge in [0, 0.05) is 44.9 Å². The molecule has 1 aliphatic rings. The number of amides is 1. The van der Waals surface area contributed by atoms with Crippen LogP contribution in [0.3, 0.4) is 0 Å². The fourth-order valence-electron chi connectivity index (χ4n) is 2.13. The number of thiazole rings is 1. The van der Waals surface area contributed by atoms with Crippen LogP contribution < -0.4 is 10.6 Å². The van der Waals surface area contributed by atoms with Crippen molar-refractivity contribution in [3.63, 3.8) is 0 Å². The van der Waals surface area contributed by atoms with Gasteiger partial charge in [-0.2, -0.15) is 0 Å². The van der Waals surface area contributed by atoms with Gasteiger partial charge < -0.3 is 15.5 Å². The Morgan fingerprint density at radius 1 is 1.44 bits per heavy atom. The lowest BCUT2D eigenvalue weighted by atomic mass is 10.3. The van der Waals surface area contributed by atoms with E-state index in [9.17, 15) is 4.79 Å². The molecule has 18 heavy (non-hydrogen) atoms. The van der Waals surface area contributed by atoms with Crippen molar-refractivity contribution < 1.29 is 4.79 Å². The summed E-state index contributed by atoms with van der Waals surface area (Å²) in [7, 11) is 0. The summed E-state index contributed by atoms with van der Waals surface area (Å²) >= 11 is 1.67. The van der Waals surface area contributed by atoms with Crippen LogP contribution in [0.5, 0.6) is 0 Å². The molecular weight excluding hydrogens is 248 g/mol. The molecule has 1 aromatic rings. The third-order valence-electron chi connectivity index (χ3n) is 3.15. The lowest BCUT2D eigenvalue weighted by Crippen LogP contribution is -2.33. The number of hydrogen-bond acceptors (Lipinski definition) is 5. The van der Waals surface area contributed by atoms with Crippen molar-refractivity contribution in [1.82, 2.24) is 9.88 Å². The van der Waals surface area contributed by atoms with Crippen LogP contribution in [0.2, 0.25) is 0 Å². The molecule has 0 unspecified atom stereocenters. The van der Waals surface area contributed by atoms with E-state index in [-0.39, 0.29) is 5.91 Å². The largest absolute Gasteiger partial charge is 0.346 e. The molecule has 0 bridgehead atoms. The molecule has 0 radical (unpaired) electrons. The Bertz CT molecular complexity index is 407. The van der Waals surface area contributed by atoms with Gasteiger partial charge >= 0.3 is 0 Å². The van der Waals surface area contributed by atoms with Gasteiger partial charge in [-0.05, 0) is 13.0 Å². The number of aromatic nitrogens is 1. The minimum Gasteiger partial charge on any atom is -0.346 e. The standard InChI is InChI=1S/C12H20N4OS/c1-10(17)15-5-2-6-16(8-7-15)12-14-11(3-4-13)9-18-12/h9H,2-8,13H2,1H3. The third-order valence-corrected chi connectivity index (χ3v) is 4.10. The molecular formula is C12H20N4OS. The van der Waals surface area contributed by atoms with Crippen molar-refractivity contribution in [3.8, 4) is 0 Å². The number of carbonyl (C=O) groups excluding carboxylic acids is 1. The Balaban J connectivity index is 1.98. The monoisotopic (exact) mass is 268 g/mol. The first-order valence-corrected chi connectivity index (χ1v) is 7.23. The first-order valence-electron chi connectivity index (χ1n) is 6.35. The Hall–Kier alpha value is -1.14. The molecule has 0 atom stereocenters. The van der Waals surface area contributed by atoms with Gasteiger partial charge in [0.25, 0.3) is 0 Å². The number of anilines is 1. The zero-order valence-corrected chi connectivity index (χ0v) is 11.6. The van der Waals surface area contributed by atoms with Crippen molar-refractivity contribution in [2.75, 3.05) is 37.6 Å². The Morgan fingerprint density at radius 3 is 3.00 bits per heavy atom. The van der Waals surface area contributed by atoms with E-state index < -0.39 is 0 Å². The van der Waals surface area contributed by atoms with E-state index in [1.807, 2.05) is 4.90 Å². The van der Waals surface area contributed by atoms with Gasteiger partial charge in [-0.1, -0.05) is 0 Å². The molecule has 0 saturated carbocycles. The molecule has 0 aromatic carbocycles. The fraction of sp³-hybridized carbons (Fsp3) is 0.667. The van der Waals surface area contributed by atoms with Crippen LogP contribution in [0.1, 0.15) is 19.0 Å². The summed E-state index contributed by atoms with van der Waals surface area (Å²) in [6.45, 7) is 5.77. The van der Waals surface area contributed by atoms with E-state index in [0.717, 1.165) is 49.8 Å². The minimum absolute atomic E-state index is 0.166. The van der Waals surface area contributed by atoms with Gasteiger partial charge in [0.15, 0.2) is 5.13 Å². The molecule has 5 nitrogen and oxygen atoms in total. The molecule has 2 rings (SSSR count). The quantitative estimate of drug-likeness (QED) is 0.876. The maximum atomic E-state index is 11.4. The molecule has 1 aliphatic heterocycles. The molecule has 1 saturated heterocycles. The van der Waals surface area contributed by atoms with Gasteiger partial charge in [0.05, 0.1) is 5.69 Å². The van der Waals surface area contributed by atoms with Gasteiger partial charge in [-0.3, -0.25) is 4.79 Å². The molecule has 6 heteroatoms. The van der Waals surface area contributed by atoms with E-state index >= 15 is 0 Å². The third kappa shape index (κ3) is 3.20. The van der Waals surface area contributed by atoms with Crippen LogP contribution >= 0.6 is 11.3 Å². The maximum absolute atomic E-state index is 11.4. The van der Waals surface area contributed by atoms with Crippen LogP contribution in [0.15, 0.2) is 5.38 Å². The molecule has 2 N–H and O–H groups in total. The van der Waals surface area contributed by atoms with E-state index in [1.54, 1.807) is 18.3 Å². The molecule has 2 heterocycles. The zero-order valence-electron chi connectivity index (χ0n) is 10.8. The van der Waals surface area contributed by atoms with Gasteiger partial charge in [-0.25, -0.2) is 4.98 Å².